The predicted octanol–water partition coefficient (Wildman–Crippen LogP) is 7.42. The van der Waals surface area contributed by atoms with Crippen molar-refractivity contribution in [3.8, 4) is 46.0 Å². The molecule has 66 heavy (non-hydrogen) atoms. The van der Waals surface area contributed by atoms with E-state index in [9.17, 15) is 9.59 Å². The number of fused-ring (bicyclic) bond motifs is 1. The smallest absolute Gasteiger partial charge is 0.331 e. The van der Waals surface area contributed by atoms with Gasteiger partial charge in [-0.25, -0.2) is 9.59 Å². The number of carbonyl (C=O) groups is 2. The number of nitrogens with zero attached hydrogens (tertiary/aromatic N) is 2. The van der Waals surface area contributed by atoms with Gasteiger partial charge in [-0.05, 0) is 109 Å². The molecule has 0 fully saturated rings. The molecule has 1 aliphatic rings. The molecule has 14 nitrogen and oxygen atoms in total. The van der Waals surface area contributed by atoms with Gasteiger partial charge in [0.15, 0.2) is 46.0 Å². The molecule has 0 saturated heterocycles. The zero-order valence-electron chi connectivity index (χ0n) is 40.5. The van der Waals surface area contributed by atoms with E-state index in [1.165, 1.54) is 22.3 Å². The Labute approximate surface area is 390 Å². The molecule has 0 amide bonds. The minimum Gasteiger partial charge on any atom is -0.493 e. The van der Waals surface area contributed by atoms with E-state index in [2.05, 4.69) is 48.3 Å². The van der Waals surface area contributed by atoms with Crippen LogP contribution in [-0.4, -0.2) is 132 Å². The first kappa shape index (κ1) is 50.9. The fourth-order valence-electron chi connectivity index (χ4n) is 8.66. The molecule has 1 aliphatic heterocycles. The monoisotopic (exact) mass is 913 g/mol. The maximum absolute atomic E-state index is 12.7. The van der Waals surface area contributed by atoms with Crippen molar-refractivity contribution in [2.24, 2.45) is 0 Å². The third kappa shape index (κ3) is 13.5. The van der Waals surface area contributed by atoms with E-state index in [1.54, 1.807) is 56.9 Å². The Morgan fingerprint density at radius 1 is 0.576 bits per heavy atom. The molecule has 2 atom stereocenters. The van der Waals surface area contributed by atoms with Crippen molar-refractivity contribution in [1.29, 1.82) is 0 Å². The highest BCUT2D eigenvalue weighted by Crippen LogP contribution is 2.43. The Kier molecular flexibility index (Phi) is 19.2. The van der Waals surface area contributed by atoms with Gasteiger partial charge in [-0.2, -0.15) is 0 Å². The second-order valence-electron chi connectivity index (χ2n) is 16.6. The molecule has 0 aliphatic carbocycles. The van der Waals surface area contributed by atoms with Gasteiger partial charge < -0.3 is 56.8 Å². The molecule has 0 bridgehead atoms. The molecule has 0 spiro atoms. The average molecular weight is 914 g/mol. The van der Waals surface area contributed by atoms with E-state index < -0.39 is 11.9 Å². The van der Waals surface area contributed by atoms with Crippen LogP contribution >= 0.6 is 0 Å². The number of aryl methyl sites for hydroxylation is 2. The minimum absolute atomic E-state index is 0.0781. The maximum Gasteiger partial charge on any atom is 0.331 e. The van der Waals surface area contributed by atoms with E-state index in [0.717, 1.165) is 79.5 Å². The number of benzene rings is 4. The second kappa shape index (κ2) is 25.0. The largest absolute Gasteiger partial charge is 0.493 e. The van der Waals surface area contributed by atoms with Gasteiger partial charge in [0.1, 0.15) is 6.04 Å². The molecular formula is C52H69N2O12+. The molecule has 14 heteroatoms. The van der Waals surface area contributed by atoms with E-state index in [4.69, 9.17) is 47.4 Å². The van der Waals surface area contributed by atoms with Gasteiger partial charge in [0.2, 0.25) is 0 Å². The molecule has 1 heterocycles. The molecular weight excluding hydrogens is 845 g/mol. The van der Waals surface area contributed by atoms with Crippen LogP contribution < -0.4 is 37.9 Å². The molecule has 0 radical (unpaired) electrons. The summed E-state index contributed by atoms with van der Waals surface area (Å²) in [5.74, 6) is 4.36. The van der Waals surface area contributed by atoms with Crippen LogP contribution in [0.2, 0.25) is 0 Å². The van der Waals surface area contributed by atoms with Gasteiger partial charge in [-0.3, -0.25) is 0 Å². The third-order valence-electron chi connectivity index (χ3n) is 12.5. The zero-order chi connectivity index (χ0) is 47.6. The topological polar surface area (TPSA) is 130 Å². The van der Waals surface area contributed by atoms with E-state index in [0.29, 0.717) is 65.4 Å². The highest BCUT2D eigenvalue weighted by molar-refractivity contribution is 5.91. The van der Waals surface area contributed by atoms with Crippen molar-refractivity contribution in [1.82, 2.24) is 4.90 Å². The fourth-order valence-corrected chi connectivity index (χ4v) is 8.66. The lowest BCUT2D eigenvalue weighted by Gasteiger charge is -2.46. The summed E-state index contributed by atoms with van der Waals surface area (Å²) in [7, 11) is 17.4. The van der Waals surface area contributed by atoms with Crippen molar-refractivity contribution in [2.75, 3.05) is 110 Å². The lowest BCUT2D eigenvalue weighted by atomic mass is 9.86. The minimum atomic E-state index is -0.589. The van der Waals surface area contributed by atoms with E-state index >= 15 is 0 Å². The summed E-state index contributed by atoms with van der Waals surface area (Å²) >= 11 is 0. The lowest BCUT2D eigenvalue weighted by molar-refractivity contribution is -0.941. The van der Waals surface area contributed by atoms with Crippen molar-refractivity contribution in [2.45, 2.75) is 51.0 Å². The first-order valence-electron chi connectivity index (χ1n) is 22.4. The summed E-state index contributed by atoms with van der Waals surface area (Å²) in [4.78, 5) is 27.4. The number of carbonyl (C=O) groups excluding carboxylic acids is 2. The average Bonchev–Trinajstić information content (AvgIpc) is 3.34. The number of likely N-dealkylation sites (N-methyl/N-ethyl adjacent to an activating group) is 2. The van der Waals surface area contributed by atoms with Crippen LogP contribution in [0.15, 0.2) is 72.8 Å². The van der Waals surface area contributed by atoms with Gasteiger partial charge >= 0.3 is 11.9 Å². The van der Waals surface area contributed by atoms with Gasteiger partial charge in [-0.1, -0.05) is 12.1 Å². The Morgan fingerprint density at radius 3 is 1.64 bits per heavy atom. The van der Waals surface area contributed by atoms with Crippen molar-refractivity contribution >= 4 is 11.9 Å². The van der Waals surface area contributed by atoms with Gasteiger partial charge in [-0.15, -0.1) is 0 Å². The van der Waals surface area contributed by atoms with Crippen LogP contribution in [0, 0.1) is 0 Å². The summed E-state index contributed by atoms with van der Waals surface area (Å²) in [5.41, 5.74) is 7.03. The number of esters is 2. The molecule has 4 aromatic carbocycles. The van der Waals surface area contributed by atoms with Crippen LogP contribution in [0.25, 0.3) is 0 Å². The maximum atomic E-state index is 12.7. The second-order valence-corrected chi connectivity index (χ2v) is 16.6. The summed E-state index contributed by atoms with van der Waals surface area (Å²) in [6, 6.07) is 20.4. The quantitative estimate of drug-likeness (QED) is 0.0269. The van der Waals surface area contributed by atoms with Crippen LogP contribution in [0.5, 0.6) is 46.0 Å². The standard InChI is InChI=1S/C52H69N2O12/c1-53(24-21-39-33-48(62-8)47(61-7)32-38(39)16-13-36-14-17-43(57-3)45(30-36)59-5)23-11-27-65-51(55)19-20-52(56)66-28-12-25-54(2)26-22-40-34-49(63-9)50(64-10)35-41(40)42(54)29-37-15-18-44(58-4)46(31-37)60-6/h14-15,17-20,30-35,42H,11-13,16,21-29H2,1-10H3/q+1/b20-19+. The Morgan fingerprint density at radius 2 is 1.06 bits per heavy atom. The van der Waals surface area contributed by atoms with E-state index in [1.807, 2.05) is 31.3 Å². The number of hydrogen-bond acceptors (Lipinski definition) is 13. The summed E-state index contributed by atoms with van der Waals surface area (Å²) < 4.78 is 56.3. The Hall–Kier alpha value is -6.12. The van der Waals surface area contributed by atoms with Crippen LogP contribution in [0.4, 0.5) is 0 Å². The molecule has 358 valence electrons. The van der Waals surface area contributed by atoms with Gasteiger partial charge in [0, 0.05) is 50.1 Å². The zero-order valence-corrected chi connectivity index (χ0v) is 40.5. The predicted molar refractivity (Wildman–Crippen MR) is 253 cm³/mol. The lowest BCUT2D eigenvalue weighted by Crippen LogP contribution is -2.52. The van der Waals surface area contributed by atoms with E-state index in [-0.39, 0.29) is 19.3 Å². The number of quaternary nitrogens is 1. The molecule has 5 rings (SSSR count). The highest BCUT2D eigenvalue weighted by Gasteiger charge is 2.40. The first-order chi connectivity index (χ1) is 31.9. The first-order valence-corrected chi connectivity index (χ1v) is 22.4. The SMILES string of the molecule is COc1ccc(CCc2cc(OC)c(OC)cc2CCN(C)CCCOC(=O)/C=C/C(=O)OCCC[N+]2(C)CCc3cc(OC)c(OC)cc3C2Cc2ccc(OC)c(OC)c2)cc1OC. The Balaban J connectivity index is 1.07. The van der Waals surface area contributed by atoms with Crippen LogP contribution in [0.3, 0.4) is 0 Å². The number of rotatable bonds is 26. The van der Waals surface area contributed by atoms with Crippen LogP contribution in [0.1, 0.15) is 52.3 Å². The summed E-state index contributed by atoms with van der Waals surface area (Å²) in [6.45, 7) is 3.58. The van der Waals surface area contributed by atoms with Gasteiger partial charge in [0.05, 0.1) is 90.2 Å². The molecule has 0 aromatic heterocycles. The van der Waals surface area contributed by atoms with Crippen LogP contribution in [-0.2, 0) is 51.2 Å². The highest BCUT2D eigenvalue weighted by atomic mass is 16.5. The third-order valence-corrected chi connectivity index (χ3v) is 12.5. The Bertz CT molecular complexity index is 2260. The molecule has 0 saturated carbocycles. The molecule has 4 aromatic rings. The summed E-state index contributed by atoms with van der Waals surface area (Å²) in [5, 5.41) is 0. The van der Waals surface area contributed by atoms with Gasteiger partial charge in [0.25, 0.3) is 0 Å². The van der Waals surface area contributed by atoms with Crippen molar-refractivity contribution in [3.05, 3.63) is 106 Å². The number of hydrogen-bond donors (Lipinski definition) is 0. The number of methoxy groups -OCH3 is 8. The van der Waals surface area contributed by atoms with Crippen molar-refractivity contribution < 1.29 is 61.4 Å². The molecule has 0 N–H and O–H groups in total. The normalized spacial score (nSPS) is 15.5. The summed E-state index contributed by atoms with van der Waals surface area (Å²) in [6.07, 6.45) is 7.52. The fraction of sp³-hybridized carbons (Fsp3) is 0.462. The number of ether oxygens (including phenoxy) is 10. The van der Waals surface area contributed by atoms with Crippen molar-refractivity contribution in [3.63, 3.8) is 0 Å². The molecule has 2 unspecified atom stereocenters.